The van der Waals surface area contributed by atoms with Crippen LogP contribution in [0.5, 0.6) is 0 Å². The number of Topliss-reactive ketones (excluding diaryl/α,β-unsaturated/α-hetero) is 1. The Kier molecular flexibility index (Phi) is 3.46. The van der Waals surface area contributed by atoms with E-state index in [1.54, 1.807) is 6.92 Å². The summed E-state index contributed by atoms with van der Waals surface area (Å²) in [4.78, 5) is 11.2. The Hall–Kier alpha value is -1.37. The maximum Gasteiger partial charge on any atom is 0.155 e. The summed E-state index contributed by atoms with van der Waals surface area (Å²) in [6.07, 6.45) is 1.98. The third-order valence-electron chi connectivity index (χ3n) is 2.65. The zero-order valence-electron chi connectivity index (χ0n) is 10.1. The van der Waals surface area contributed by atoms with E-state index < -0.39 is 0 Å². The topological polar surface area (TPSA) is 17.1 Å². The molecule has 0 spiro atoms. The average Bonchev–Trinajstić information content (AvgIpc) is 2.10. The van der Waals surface area contributed by atoms with Gasteiger partial charge in [0, 0.05) is 0 Å². The predicted molar refractivity (Wildman–Crippen MR) is 65.0 cm³/mol. The van der Waals surface area contributed by atoms with Gasteiger partial charge in [0.2, 0.25) is 0 Å². The lowest BCUT2D eigenvalue weighted by molar-refractivity contribution is -0.113. The molecule has 0 N–H and O–H groups in total. The minimum Gasteiger partial charge on any atom is -0.295 e. The molecule has 15 heavy (non-hydrogen) atoms. The van der Waals surface area contributed by atoms with Crippen LogP contribution in [-0.2, 0) is 4.79 Å². The lowest BCUT2D eigenvalue weighted by Crippen LogP contribution is -1.94. The molecule has 0 amide bonds. The van der Waals surface area contributed by atoms with Crippen molar-refractivity contribution in [2.75, 3.05) is 0 Å². The van der Waals surface area contributed by atoms with Crippen LogP contribution in [-0.4, -0.2) is 5.78 Å². The average molecular weight is 202 g/mol. The molecule has 1 heteroatoms. The standard InChI is InChI=1S/C14H18O/c1-9-6-11(3)14(12(4)7-9)8-10(2)13(5)15/h6-8H,1-5H3. The van der Waals surface area contributed by atoms with Crippen molar-refractivity contribution >= 4 is 11.9 Å². The maximum atomic E-state index is 11.2. The highest BCUT2D eigenvalue weighted by Crippen LogP contribution is 2.19. The van der Waals surface area contributed by atoms with Gasteiger partial charge in [0.05, 0.1) is 0 Å². The molecule has 0 atom stereocenters. The number of carbonyl (C=O) groups excluding carboxylic acids is 1. The van der Waals surface area contributed by atoms with Gasteiger partial charge in [-0.25, -0.2) is 0 Å². The summed E-state index contributed by atoms with van der Waals surface area (Å²) in [5.41, 5.74) is 5.71. The fourth-order valence-corrected chi connectivity index (χ4v) is 1.74. The summed E-state index contributed by atoms with van der Waals surface area (Å²) >= 11 is 0. The number of carbonyl (C=O) groups is 1. The molecule has 0 aliphatic carbocycles. The van der Waals surface area contributed by atoms with E-state index in [9.17, 15) is 4.79 Å². The van der Waals surface area contributed by atoms with Crippen molar-refractivity contribution in [3.05, 3.63) is 40.0 Å². The first kappa shape index (κ1) is 11.7. The molecule has 0 aliphatic heterocycles. The Morgan fingerprint density at radius 3 is 1.93 bits per heavy atom. The Morgan fingerprint density at radius 2 is 1.53 bits per heavy atom. The molecule has 0 aromatic heterocycles. The van der Waals surface area contributed by atoms with Crippen LogP contribution < -0.4 is 0 Å². The van der Waals surface area contributed by atoms with Gasteiger partial charge in [-0.3, -0.25) is 4.79 Å². The van der Waals surface area contributed by atoms with Crippen LogP contribution >= 0.6 is 0 Å². The van der Waals surface area contributed by atoms with Crippen molar-refractivity contribution in [1.82, 2.24) is 0 Å². The molecule has 1 aromatic rings. The van der Waals surface area contributed by atoms with Crippen LogP contribution in [0.15, 0.2) is 17.7 Å². The van der Waals surface area contributed by atoms with E-state index in [1.165, 1.54) is 22.3 Å². The smallest absolute Gasteiger partial charge is 0.155 e. The molecule has 0 bridgehead atoms. The van der Waals surface area contributed by atoms with Gasteiger partial charge < -0.3 is 0 Å². The molecule has 0 saturated heterocycles. The zero-order chi connectivity index (χ0) is 11.6. The van der Waals surface area contributed by atoms with Gasteiger partial charge in [-0.1, -0.05) is 17.7 Å². The van der Waals surface area contributed by atoms with Crippen molar-refractivity contribution in [3.8, 4) is 0 Å². The highest BCUT2D eigenvalue weighted by molar-refractivity contribution is 5.97. The van der Waals surface area contributed by atoms with Crippen molar-refractivity contribution in [3.63, 3.8) is 0 Å². The Bertz CT molecular complexity index is 402. The number of hydrogen-bond donors (Lipinski definition) is 0. The lowest BCUT2D eigenvalue weighted by Gasteiger charge is -2.08. The molecule has 0 fully saturated rings. The second-order valence-corrected chi connectivity index (χ2v) is 4.20. The number of rotatable bonds is 2. The third-order valence-corrected chi connectivity index (χ3v) is 2.65. The van der Waals surface area contributed by atoms with E-state index in [-0.39, 0.29) is 5.78 Å². The lowest BCUT2D eigenvalue weighted by atomic mass is 9.97. The third kappa shape index (κ3) is 2.79. The van der Waals surface area contributed by atoms with Crippen LogP contribution in [0, 0.1) is 20.8 Å². The highest BCUT2D eigenvalue weighted by atomic mass is 16.1. The maximum absolute atomic E-state index is 11.2. The first-order valence-electron chi connectivity index (χ1n) is 5.19. The highest BCUT2D eigenvalue weighted by Gasteiger charge is 2.03. The van der Waals surface area contributed by atoms with Crippen LogP contribution in [0.1, 0.15) is 36.1 Å². The zero-order valence-corrected chi connectivity index (χ0v) is 10.1. The fourth-order valence-electron chi connectivity index (χ4n) is 1.74. The summed E-state index contributed by atoms with van der Waals surface area (Å²) < 4.78 is 0. The van der Waals surface area contributed by atoms with Gasteiger partial charge in [0.15, 0.2) is 5.78 Å². The summed E-state index contributed by atoms with van der Waals surface area (Å²) in [6.45, 7) is 9.72. The van der Waals surface area contributed by atoms with Gasteiger partial charge >= 0.3 is 0 Å². The van der Waals surface area contributed by atoms with Gasteiger partial charge in [-0.05, 0) is 63.0 Å². The van der Waals surface area contributed by atoms with Crippen LogP contribution in [0.3, 0.4) is 0 Å². The summed E-state index contributed by atoms with van der Waals surface area (Å²) in [6, 6.07) is 4.29. The molecule has 0 unspecified atom stereocenters. The molecule has 1 aromatic carbocycles. The number of benzene rings is 1. The van der Waals surface area contributed by atoms with Crippen molar-refractivity contribution in [1.29, 1.82) is 0 Å². The number of ketones is 1. The Morgan fingerprint density at radius 1 is 1.07 bits per heavy atom. The van der Waals surface area contributed by atoms with Crippen LogP contribution in [0.4, 0.5) is 0 Å². The van der Waals surface area contributed by atoms with E-state index in [2.05, 4.69) is 32.9 Å². The van der Waals surface area contributed by atoms with Gasteiger partial charge in [-0.2, -0.15) is 0 Å². The molecular formula is C14H18O. The number of allylic oxidation sites excluding steroid dienone is 1. The number of hydrogen-bond acceptors (Lipinski definition) is 1. The van der Waals surface area contributed by atoms with Gasteiger partial charge in [-0.15, -0.1) is 0 Å². The molecular weight excluding hydrogens is 184 g/mol. The minimum absolute atomic E-state index is 0.134. The molecule has 0 aliphatic rings. The molecule has 1 nitrogen and oxygen atoms in total. The molecule has 0 radical (unpaired) electrons. The van der Waals surface area contributed by atoms with Crippen LogP contribution in [0.2, 0.25) is 0 Å². The van der Waals surface area contributed by atoms with E-state index in [4.69, 9.17) is 0 Å². The van der Waals surface area contributed by atoms with E-state index in [1.807, 2.05) is 13.0 Å². The second kappa shape index (κ2) is 4.43. The molecule has 80 valence electrons. The van der Waals surface area contributed by atoms with E-state index in [0.717, 1.165) is 5.57 Å². The molecule has 0 heterocycles. The minimum atomic E-state index is 0.134. The second-order valence-electron chi connectivity index (χ2n) is 4.20. The molecule has 1 rings (SSSR count). The summed E-state index contributed by atoms with van der Waals surface area (Å²) in [5.74, 6) is 0.134. The quantitative estimate of drug-likeness (QED) is 0.670. The SMILES string of the molecule is CC(=O)C(C)=Cc1c(C)cc(C)cc1C. The molecule has 0 saturated carbocycles. The monoisotopic (exact) mass is 202 g/mol. The normalized spacial score (nSPS) is 11.7. The first-order chi connectivity index (χ1) is 6.91. The summed E-state index contributed by atoms with van der Waals surface area (Å²) in [5, 5.41) is 0. The van der Waals surface area contributed by atoms with Gasteiger partial charge in [0.25, 0.3) is 0 Å². The van der Waals surface area contributed by atoms with E-state index >= 15 is 0 Å². The van der Waals surface area contributed by atoms with Crippen molar-refractivity contribution in [2.45, 2.75) is 34.6 Å². The Balaban J connectivity index is 3.27. The van der Waals surface area contributed by atoms with E-state index in [0.29, 0.717) is 0 Å². The Labute approximate surface area is 91.8 Å². The van der Waals surface area contributed by atoms with Crippen molar-refractivity contribution < 1.29 is 4.79 Å². The van der Waals surface area contributed by atoms with Crippen LogP contribution in [0.25, 0.3) is 6.08 Å². The number of aryl methyl sites for hydroxylation is 3. The predicted octanol–water partition coefficient (Wildman–Crippen LogP) is 3.60. The van der Waals surface area contributed by atoms with Crippen molar-refractivity contribution in [2.24, 2.45) is 0 Å². The summed E-state index contributed by atoms with van der Waals surface area (Å²) in [7, 11) is 0. The van der Waals surface area contributed by atoms with Gasteiger partial charge in [0.1, 0.15) is 0 Å². The largest absolute Gasteiger partial charge is 0.295 e. The fraction of sp³-hybridized carbons (Fsp3) is 0.357. The first-order valence-corrected chi connectivity index (χ1v) is 5.19.